The molecule has 0 saturated carbocycles. The molecule has 0 radical (unpaired) electrons. The molecule has 0 unspecified atom stereocenters. The minimum atomic E-state index is -0.987. The number of aryl methyl sites for hydroxylation is 1. The van der Waals surface area contributed by atoms with E-state index in [1.165, 1.54) is 11.3 Å². The van der Waals surface area contributed by atoms with Gasteiger partial charge in [0.25, 0.3) is 0 Å². The van der Waals surface area contributed by atoms with E-state index in [4.69, 9.17) is 14.8 Å². The summed E-state index contributed by atoms with van der Waals surface area (Å²) in [5.41, 5.74) is 3.64. The zero-order valence-electron chi connectivity index (χ0n) is 18.2. The summed E-state index contributed by atoms with van der Waals surface area (Å²) in [5.74, 6) is 0.0791. The lowest BCUT2D eigenvalue weighted by Crippen LogP contribution is -2.07. The molecule has 7 nitrogen and oxygen atoms in total. The first-order valence-corrected chi connectivity index (χ1v) is 11.1. The molecular formula is C24H25N3O4S. The van der Waals surface area contributed by atoms with Crippen LogP contribution >= 0.6 is 11.3 Å². The number of esters is 1. The number of nitrogens with zero attached hydrogens (tertiary/aromatic N) is 2. The Labute approximate surface area is 190 Å². The molecule has 166 valence electrons. The highest BCUT2D eigenvalue weighted by Crippen LogP contribution is 2.30. The van der Waals surface area contributed by atoms with Crippen molar-refractivity contribution in [2.45, 2.75) is 33.6 Å². The standard InChI is InChI=1S/C24H25N3O4S/c1-4-19-15(3)25-24(20-12-10-18(32-20)11-13-21(28)29)27-23(19)26-17-8-6-16(7-9-17)14-22(30)31-5-2/h6-13H,4-5,14H2,1-3H3,(H,28,29)(H,25,26,27)/b13-11+. The van der Waals surface area contributed by atoms with E-state index in [1.54, 1.807) is 13.0 Å². The summed E-state index contributed by atoms with van der Waals surface area (Å²) >= 11 is 1.43. The van der Waals surface area contributed by atoms with Gasteiger partial charge >= 0.3 is 11.9 Å². The highest BCUT2D eigenvalue weighted by molar-refractivity contribution is 7.16. The van der Waals surface area contributed by atoms with Gasteiger partial charge < -0.3 is 15.2 Å². The average Bonchev–Trinajstić information content (AvgIpc) is 3.23. The molecule has 1 aromatic carbocycles. The molecule has 3 rings (SSSR count). The third-order valence-corrected chi connectivity index (χ3v) is 5.72. The zero-order valence-corrected chi connectivity index (χ0v) is 19.0. The topological polar surface area (TPSA) is 101 Å². The number of carboxylic acids is 1. The van der Waals surface area contributed by atoms with Crippen molar-refractivity contribution in [3.8, 4) is 10.7 Å². The second kappa shape index (κ2) is 10.7. The van der Waals surface area contributed by atoms with E-state index >= 15 is 0 Å². The van der Waals surface area contributed by atoms with E-state index in [0.29, 0.717) is 12.4 Å². The Morgan fingerprint density at radius 3 is 2.53 bits per heavy atom. The van der Waals surface area contributed by atoms with Crippen LogP contribution in [-0.4, -0.2) is 33.6 Å². The molecule has 0 atom stereocenters. The molecule has 0 fully saturated rings. The number of carboxylic acid groups (broad SMARTS) is 1. The summed E-state index contributed by atoms with van der Waals surface area (Å²) in [6.07, 6.45) is 3.68. The maximum Gasteiger partial charge on any atom is 0.328 e. The fraction of sp³-hybridized carbons (Fsp3) is 0.250. The number of carbonyl (C=O) groups is 2. The van der Waals surface area contributed by atoms with Crippen LogP contribution in [0, 0.1) is 6.92 Å². The lowest BCUT2D eigenvalue weighted by molar-refractivity contribution is -0.142. The third-order valence-electron chi connectivity index (χ3n) is 4.68. The third kappa shape index (κ3) is 6.01. The molecule has 0 aliphatic carbocycles. The van der Waals surface area contributed by atoms with Gasteiger partial charge in [-0.15, -0.1) is 11.3 Å². The van der Waals surface area contributed by atoms with Gasteiger partial charge in [0.15, 0.2) is 5.82 Å². The van der Waals surface area contributed by atoms with Gasteiger partial charge in [0, 0.05) is 27.9 Å². The number of aliphatic carboxylic acids is 1. The number of aromatic nitrogens is 2. The van der Waals surface area contributed by atoms with Crippen LogP contribution in [0.5, 0.6) is 0 Å². The van der Waals surface area contributed by atoms with E-state index in [9.17, 15) is 9.59 Å². The van der Waals surface area contributed by atoms with E-state index in [2.05, 4.69) is 17.2 Å². The maximum absolute atomic E-state index is 11.7. The molecule has 0 amide bonds. The molecule has 0 bridgehead atoms. The number of ether oxygens (including phenoxy) is 1. The fourth-order valence-corrected chi connectivity index (χ4v) is 4.02. The molecule has 8 heteroatoms. The van der Waals surface area contributed by atoms with Crippen molar-refractivity contribution in [2.24, 2.45) is 0 Å². The quantitative estimate of drug-likeness (QED) is 0.348. The number of rotatable bonds is 9. The minimum absolute atomic E-state index is 0.238. The van der Waals surface area contributed by atoms with Gasteiger partial charge in [-0.05, 0) is 56.2 Å². The van der Waals surface area contributed by atoms with Gasteiger partial charge in [0.1, 0.15) is 5.82 Å². The van der Waals surface area contributed by atoms with Gasteiger partial charge in [-0.1, -0.05) is 19.1 Å². The number of anilines is 2. The molecule has 3 aromatic rings. The molecule has 2 heterocycles. The van der Waals surface area contributed by atoms with Crippen molar-refractivity contribution in [1.29, 1.82) is 0 Å². The van der Waals surface area contributed by atoms with Crippen molar-refractivity contribution < 1.29 is 19.4 Å². The van der Waals surface area contributed by atoms with Crippen LogP contribution in [0.1, 0.15) is 35.5 Å². The molecule has 2 aromatic heterocycles. The summed E-state index contributed by atoms with van der Waals surface area (Å²) in [6.45, 7) is 6.17. The highest BCUT2D eigenvalue weighted by Gasteiger charge is 2.14. The van der Waals surface area contributed by atoms with Crippen LogP contribution in [0.25, 0.3) is 16.8 Å². The van der Waals surface area contributed by atoms with Gasteiger partial charge in [0.05, 0.1) is 17.9 Å². The van der Waals surface area contributed by atoms with Crippen LogP contribution in [0.2, 0.25) is 0 Å². The van der Waals surface area contributed by atoms with Gasteiger partial charge in [-0.25, -0.2) is 14.8 Å². The Balaban J connectivity index is 1.84. The first kappa shape index (κ1) is 23.1. The first-order valence-electron chi connectivity index (χ1n) is 10.3. The van der Waals surface area contributed by atoms with E-state index < -0.39 is 5.97 Å². The monoisotopic (exact) mass is 451 g/mol. The number of thiophene rings is 1. The second-order valence-corrected chi connectivity index (χ2v) is 8.11. The van der Waals surface area contributed by atoms with Crippen molar-refractivity contribution in [3.05, 3.63) is 64.2 Å². The molecular weight excluding hydrogens is 426 g/mol. The first-order chi connectivity index (χ1) is 15.4. The molecule has 0 saturated heterocycles. The lowest BCUT2D eigenvalue weighted by atomic mass is 10.1. The summed E-state index contributed by atoms with van der Waals surface area (Å²) in [6, 6.07) is 11.3. The number of benzene rings is 1. The maximum atomic E-state index is 11.7. The molecule has 0 aliphatic heterocycles. The normalized spacial score (nSPS) is 11.0. The Hall–Kier alpha value is -3.52. The molecule has 0 aliphatic rings. The predicted octanol–water partition coefficient (Wildman–Crippen LogP) is 5.02. The predicted molar refractivity (Wildman–Crippen MR) is 126 cm³/mol. The Morgan fingerprint density at radius 1 is 1.12 bits per heavy atom. The molecule has 2 N–H and O–H groups in total. The van der Waals surface area contributed by atoms with Crippen LogP contribution in [0.4, 0.5) is 11.5 Å². The smallest absolute Gasteiger partial charge is 0.328 e. The largest absolute Gasteiger partial charge is 0.478 e. The summed E-state index contributed by atoms with van der Waals surface area (Å²) in [5, 5.41) is 12.2. The summed E-state index contributed by atoms with van der Waals surface area (Å²) in [4.78, 5) is 33.5. The summed E-state index contributed by atoms with van der Waals surface area (Å²) < 4.78 is 5.00. The van der Waals surface area contributed by atoms with Crippen molar-refractivity contribution in [3.63, 3.8) is 0 Å². The minimum Gasteiger partial charge on any atom is -0.478 e. The van der Waals surface area contributed by atoms with E-state index in [0.717, 1.165) is 50.6 Å². The van der Waals surface area contributed by atoms with Crippen LogP contribution in [0.15, 0.2) is 42.5 Å². The van der Waals surface area contributed by atoms with Gasteiger partial charge in [0.2, 0.25) is 0 Å². The van der Waals surface area contributed by atoms with E-state index in [-0.39, 0.29) is 12.4 Å². The second-order valence-electron chi connectivity index (χ2n) is 6.99. The average molecular weight is 452 g/mol. The highest BCUT2D eigenvalue weighted by atomic mass is 32.1. The summed E-state index contributed by atoms with van der Waals surface area (Å²) in [7, 11) is 0. The van der Waals surface area contributed by atoms with Crippen molar-refractivity contribution in [2.75, 3.05) is 11.9 Å². The Bertz CT molecular complexity index is 1140. The van der Waals surface area contributed by atoms with Gasteiger partial charge in [-0.2, -0.15) is 0 Å². The Kier molecular flexibility index (Phi) is 7.72. The Morgan fingerprint density at radius 2 is 1.88 bits per heavy atom. The van der Waals surface area contributed by atoms with Crippen LogP contribution in [0.3, 0.4) is 0 Å². The van der Waals surface area contributed by atoms with E-state index in [1.807, 2.05) is 43.3 Å². The number of nitrogens with one attached hydrogen (secondary N) is 1. The number of carbonyl (C=O) groups excluding carboxylic acids is 1. The fourth-order valence-electron chi connectivity index (χ4n) is 3.17. The van der Waals surface area contributed by atoms with Crippen molar-refractivity contribution >= 4 is 40.9 Å². The SMILES string of the molecule is CCOC(=O)Cc1ccc(Nc2nc(-c3ccc(/C=C/C(=O)O)s3)nc(C)c2CC)cc1. The molecule has 32 heavy (non-hydrogen) atoms. The zero-order chi connectivity index (χ0) is 23.1. The van der Waals surface area contributed by atoms with Crippen molar-refractivity contribution in [1.82, 2.24) is 9.97 Å². The number of hydrogen-bond acceptors (Lipinski definition) is 7. The van der Waals surface area contributed by atoms with Gasteiger partial charge in [-0.3, -0.25) is 4.79 Å². The number of hydrogen-bond donors (Lipinski definition) is 2. The lowest BCUT2D eigenvalue weighted by Gasteiger charge is -2.14. The van der Waals surface area contributed by atoms with Crippen LogP contribution < -0.4 is 5.32 Å². The molecule has 0 spiro atoms. The van der Waals surface area contributed by atoms with Crippen LogP contribution in [-0.2, 0) is 27.2 Å².